The zero-order chi connectivity index (χ0) is 25.4. The van der Waals surface area contributed by atoms with E-state index in [1.165, 1.54) is 66.7 Å². The summed E-state index contributed by atoms with van der Waals surface area (Å²) in [7, 11) is 0. The van der Waals surface area contributed by atoms with Gasteiger partial charge in [-0.1, -0.05) is 42.5 Å². The van der Waals surface area contributed by atoms with Crippen molar-refractivity contribution in [2.75, 3.05) is 5.32 Å². The standard InChI is InChI=1S/C24H18N2O9/c27-21(25-17-12-7-13-18(14-17)26(32)33)19(34-23(30)15-8-3-1-4-9-15)20(22(28)29)35-24(31)16-10-5-2-6-11-16/h1-14,19-20H,(H,25,27)(H,28,29)/t19-,20+/m1/s1. The quantitative estimate of drug-likeness (QED) is 0.267. The molecule has 11 heteroatoms. The highest BCUT2D eigenvalue weighted by molar-refractivity contribution is 6.01. The topological polar surface area (TPSA) is 162 Å². The fourth-order valence-corrected chi connectivity index (χ4v) is 2.92. The number of aliphatic carboxylic acids is 1. The Morgan fingerprint density at radius 3 is 1.77 bits per heavy atom. The van der Waals surface area contributed by atoms with Crippen molar-refractivity contribution < 1.29 is 38.7 Å². The molecule has 0 aromatic heterocycles. The number of nitro benzene ring substituents is 1. The van der Waals surface area contributed by atoms with E-state index >= 15 is 0 Å². The molecular formula is C24H18N2O9. The molecule has 0 saturated carbocycles. The number of anilines is 1. The molecule has 0 spiro atoms. The van der Waals surface area contributed by atoms with E-state index in [2.05, 4.69) is 5.32 Å². The van der Waals surface area contributed by atoms with Gasteiger partial charge in [-0.05, 0) is 30.3 Å². The molecule has 3 aromatic carbocycles. The Balaban J connectivity index is 1.91. The fourth-order valence-electron chi connectivity index (χ4n) is 2.92. The summed E-state index contributed by atoms with van der Waals surface area (Å²) in [6.45, 7) is 0. The van der Waals surface area contributed by atoms with E-state index in [1.54, 1.807) is 12.1 Å². The average Bonchev–Trinajstić information content (AvgIpc) is 2.86. The molecule has 0 fully saturated rings. The second-order valence-corrected chi connectivity index (χ2v) is 7.02. The molecule has 0 radical (unpaired) electrons. The van der Waals surface area contributed by atoms with Crippen LogP contribution in [-0.2, 0) is 19.1 Å². The van der Waals surface area contributed by atoms with E-state index in [0.717, 1.165) is 6.07 Å². The van der Waals surface area contributed by atoms with Crippen LogP contribution in [-0.4, -0.2) is 46.1 Å². The van der Waals surface area contributed by atoms with Crippen LogP contribution in [0.2, 0.25) is 0 Å². The smallest absolute Gasteiger partial charge is 0.349 e. The van der Waals surface area contributed by atoms with Gasteiger partial charge in [0.15, 0.2) is 0 Å². The summed E-state index contributed by atoms with van der Waals surface area (Å²) in [6.07, 6.45) is -4.36. The van der Waals surface area contributed by atoms with Crippen molar-refractivity contribution >= 4 is 35.2 Å². The predicted molar refractivity (Wildman–Crippen MR) is 121 cm³/mol. The highest BCUT2D eigenvalue weighted by Crippen LogP contribution is 2.19. The number of non-ortho nitro benzene ring substituents is 1. The lowest BCUT2D eigenvalue weighted by Gasteiger charge is -2.23. The number of nitrogens with one attached hydrogen (secondary N) is 1. The second-order valence-electron chi connectivity index (χ2n) is 7.02. The van der Waals surface area contributed by atoms with Crippen LogP contribution in [0.5, 0.6) is 0 Å². The number of ether oxygens (including phenoxy) is 2. The van der Waals surface area contributed by atoms with Gasteiger partial charge in [0.25, 0.3) is 11.6 Å². The molecule has 0 aliphatic heterocycles. The van der Waals surface area contributed by atoms with Crippen LogP contribution in [0, 0.1) is 10.1 Å². The zero-order valence-corrected chi connectivity index (χ0v) is 17.9. The van der Waals surface area contributed by atoms with Crippen molar-refractivity contribution in [2.45, 2.75) is 12.2 Å². The molecule has 0 aliphatic carbocycles. The lowest BCUT2D eigenvalue weighted by atomic mass is 10.1. The largest absolute Gasteiger partial charge is 0.478 e. The molecule has 178 valence electrons. The molecule has 1 amide bonds. The number of rotatable bonds is 9. The Morgan fingerprint density at radius 1 is 0.771 bits per heavy atom. The maximum Gasteiger partial charge on any atom is 0.349 e. The van der Waals surface area contributed by atoms with Crippen molar-refractivity contribution in [3.63, 3.8) is 0 Å². The number of benzene rings is 3. The third-order valence-corrected chi connectivity index (χ3v) is 4.59. The lowest BCUT2D eigenvalue weighted by molar-refractivity contribution is -0.384. The van der Waals surface area contributed by atoms with Crippen molar-refractivity contribution in [1.29, 1.82) is 0 Å². The van der Waals surface area contributed by atoms with Gasteiger partial charge in [0.05, 0.1) is 16.1 Å². The van der Waals surface area contributed by atoms with Gasteiger partial charge >= 0.3 is 17.9 Å². The van der Waals surface area contributed by atoms with Crippen LogP contribution in [0.25, 0.3) is 0 Å². The lowest BCUT2D eigenvalue weighted by Crippen LogP contribution is -2.48. The number of carboxylic acids is 1. The minimum atomic E-state index is -2.23. The summed E-state index contributed by atoms with van der Waals surface area (Å²) in [5, 5.41) is 23.0. The second kappa shape index (κ2) is 11.2. The molecule has 2 N–H and O–H groups in total. The molecule has 11 nitrogen and oxygen atoms in total. The summed E-state index contributed by atoms with van der Waals surface area (Å²) >= 11 is 0. The Bertz CT molecular complexity index is 1250. The molecule has 0 saturated heterocycles. The number of nitrogens with zero attached hydrogens (tertiary/aromatic N) is 1. The van der Waals surface area contributed by atoms with Crippen LogP contribution in [0.15, 0.2) is 84.9 Å². The molecule has 0 heterocycles. The third-order valence-electron chi connectivity index (χ3n) is 4.59. The number of carbonyl (C=O) groups excluding carboxylic acids is 3. The van der Waals surface area contributed by atoms with Crippen LogP contribution >= 0.6 is 0 Å². The molecular weight excluding hydrogens is 460 g/mol. The maximum absolute atomic E-state index is 13.0. The number of hydrogen-bond donors (Lipinski definition) is 2. The summed E-state index contributed by atoms with van der Waals surface area (Å²) in [6, 6.07) is 19.7. The normalized spacial score (nSPS) is 12.0. The highest BCUT2D eigenvalue weighted by Gasteiger charge is 2.41. The van der Waals surface area contributed by atoms with Gasteiger partial charge in [0, 0.05) is 17.8 Å². The van der Waals surface area contributed by atoms with E-state index < -0.39 is 40.9 Å². The third kappa shape index (κ3) is 6.48. The van der Waals surface area contributed by atoms with E-state index in [0.29, 0.717) is 0 Å². The van der Waals surface area contributed by atoms with E-state index in [1.807, 2.05) is 0 Å². The van der Waals surface area contributed by atoms with Gasteiger partial charge in [0.1, 0.15) is 0 Å². The van der Waals surface area contributed by atoms with Crippen molar-refractivity contribution in [1.82, 2.24) is 0 Å². The summed E-state index contributed by atoms with van der Waals surface area (Å²) < 4.78 is 10.2. The zero-order valence-electron chi connectivity index (χ0n) is 17.9. The number of nitro groups is 1. The number of esters is 2. The van der Waals surface area contributed by atoms with Gasteiger partial charge in [0.2, 0.25) is 12.2 Å². The van der Waals surface area contributed by atoms with E-state index in [9.17, 15) is 34.4 Å². The average molecular weight is 478 g/mol. The first-order valence-corrected chi connectivity index (χ1v) is 10.1. The molecule has 0 aliphatic rings. The fraction of sp³-hybridized carbons (Fsp3) is 0.0833. The van der Waals surface area contributed by atoms with Crippen LogP contribution < -0.4 is 5.32 Å². The van der Waals surface area contributed by atoms with Crippen molar-refractivity contribution in [3.05, 3.63) is 106 Å². The Labute approximate surface area is 198 Å². The molecule has 2 atom stereocenters. The van der Waals surface area contributed by atoms with Crippen LogP contribution in [0.3, 0.4) is 0 Å². The van der Waals surface area contributed by atoms with Gasteiger partial charge < -0.3 is 19.9 Å². The molecule has 0 unspecified atom stereocenters. The Morgan fingerprint density at radius 2 is 1.29 bits per heavy atom. The van der Waals surface area contributed by atoms with E-state index in [4.69, 9.17) is 9.47 Å². The number of amides is 1. The van der Waals surface area contributed by atoms with Gasteiger partial charge in [-0.2, -0.15) is 0 Å². The SMILES string of the molecule is O=C(O[C@H](C(=O)O)[C@@H](OC(=O)c1ccccc1)C(=O)Nc1cccc([N+](=O)[O-])c1)c1ccccc1. The summed E-state index contributed by atoms with van der Waals surface area (Å²) in [5.41, 5.74) is -0.389. The minimum Gasteiger partial charge on any atom is -0.478 e. The monoisotopic (exact) mass is 478 g/mol. The van der Waals surface area contributed by atoms with Crippen molar-refractivity contribution in [2.24, 2.45) is 0 Å². The Kier molecular flexibility index (Phi) is 7.86. The maximum atomic E-state index is 13.0. The Hall–Kier alpha value is -5.06. The number of carbonyl (C=O) groups is 4. The van der Waals surface area contributed by atoms with Gasteiger partial charge in [-0.15, -0.1) is 0 Å². The molecule has 3 aromatic rings. The van der Waals surface area contributed by atoms with Crippen molar-refractivity contribution in [3.8, 4) is 0 Å². The highest BCUT2D eigenvalue weighted by atomic mass is 16.6. The predicted octanol–water partition coefficient (Wildman–Crippen LogP) is 3.07. The summed E-state index contributed by atoms with van der Waals surface area (Å²) in [5.74, 6) is -5.05. The first-order chi connectivity index (χ1) is 16.8. The molecule has 0 bridgehead atoms. The first-order valence-electron chi connectivity index (χ1n) is 10.1. The van der Waals surface area contributed by atoms with Gasteiger partial charge in [-0.25, -0.2) is 14.4 Å². The van der Waals surface area contributed by atoms with Gasteiger partial charge in [-0.3, -0.25) is 14.9 Å². The number of hydrogen-bond acceptors (Lipinski definition) is 8. The first kappa shape index (κ1) is 24.6. The van der Waals surface area contributed by atoms with Crippen LogP contribution in [0.1, 0.15) is 20.7 Å². The van der Waals surface area contributed by atoms with Crippen LogP contribution in [0.4, 0.5) is 11.4 Å². The minimum absolute atomic E-state index is 0.00554. The molecule has 3 rings (SSSR count). The molecule has 35 heavy (non-hydrogen) atoms. The summed E-state index contributed by atoms with van der Waals surface area (Å²) in [4.78, 5) is 60.4. The number of carboxylic acid groups (broad SMARTS) is 1. The van der Waals surface area contributed by atoms with E-state index in [-0.39, 0.29) is 22.5 Å².